The molecule has 0 amide bonds. The summed E-state index contributed by atoms with van der Waals surface area (Å²) in [7, 11) is 0. The van der Waals surface area contributed by atoms with E-state index >= 15 is 0 Å². The van der Waals surface area contributed by atoms with Gasteiger partial charge in [-0.1, -0.05) is 595 Å². The van der Waals surface area contributed by atoms with Crippen molar-refractivity contribution in [3.05, 3.63) is 130 Å². The molecule has 131 heavy (non-hydrogen) atoms. The zero-order chi connectivity index (χ0) is 92.1. The summed E-state index contributed by atoms with van der Waals surface area (Å²) in [6.45, 7) is 10.8. The summed E-state index contributed by atoms with van der Waals surface area (Å²) < 4.78 is 2.61. The third-order valence-electron chi connectivity index (χ3n) is 26.2. The number of benzene rings is 1. The molecule has 1 aromatic carbocycles. The van der Waals surface area contributed by atoms with Crippen molar-refractivity contribution in [2.75, 3.05) is 46.6 Å². The number of nitrogens with two attached hydrogens (primary N) is 1. The van der Waals surface area contributed by atoms with Crippen molar-refractivity contribution in [3.8, 4) is 0 Å². The second kappa shape index (κ2) is 107. The van der Waals surface area contributed by atoms with Gasteiger partial charge in [0.15, 0.2) is 0 Å². The molecule has 0 bridgehead atoms. The van der Waals surface area contributed by atoms with Crippen LogP contribution in [0.1, 0.15) is 566 Å². The molecular weight excluding hydrogens is 1890 g/mol. The van der Waals surface area contributed by atoms with Crippen LogP contribution in [0.2, 0.25) is 0 Å². The topological polar surface area (TPSA) is 126 Å². The zero-order valence-electron chi connectivity index (χ0n) is 86.4. The van der Waals surface area contributed by atoms with Gasteiger partial charge in [0.25, 0.3) is 0 Å². The average Bonchev–Trinajstić information content (AvgIpc) is 0.859. The summed E-state index contributed by atoms with van der Waals surface area (Å²) >= 11 is 9.86. The van der Waals surface area contributed by atoms with Crippen molar-refractivity contribution < 1.29 is 20.4 Å². The van der Waals surface area contributed by atoms with Crippen molar-refractivity contribution >= 4 is 76.9 Å². The van der Waals surface area contributed by atoms with Gasteiger partial charge in [-0.15, -0.1) is 0 Å². The minimum atomic E-state index is 0. The number of unbranched alkanes of at least 4 members (excludes halogenated alkanes) is 81. The number of hydrogen-bond acceptors (Lipinski definition) is 9. The van der Waals surface area contributed by atoms with Crippen LogP contribution in [-0.4, -0.2) is 39.6 Å². The van der Waals surface area contributed by atoms with E-state index in [2.05, 4.69) is 147 Å². The van der Waals surface area contributed by atoms with E-state index in [9.17, 15) is 0 Å². The summed E-state index contributed by atoms with van der Waals surface area (Å²) in [5.41, 5.74) is 6.98. The molecule has 0 fully saturated rings. The fourth-order valence-electron chi connectivity index (χ4n) is 17.9. The van der Waals surface area contributed by atoms with Gasteiger partial charge < -0.3 is 34.4 Å². The minimum absolute atomic E-state index is 0. The second-order valence-electron chi connectivity index (χ2n) is 38.7. The molecule has 0 saturated carbocycles. The first-order chi connectivity index (χ1) is 63.8. The average molecular weight is 2100 g/mol. The van der Waals surface area contributed by atoms with Gasteiger partial charge in [0, 0.05) is 46.6 Å². The molecule has 0 aliphatic heterocycles. The van der Waals surface area contributed by atoms with Crippen LogP contribution in [0.25, 0.3) is 0 Å². The molecule has 9 nitrogen and oxygen atoms in total. The normalized spacial score (nSPS) is 11.0. The second-order valence-corrected chi connectivity index (χ2v) is 41.2. The monoisotopic (exact) mass is 2100 g/mol. The molecule has 0 saturated heterocycles. The SMILES string of the molecule is Brc1cccc(Br)n1.CCCCCCCCCCCCCCCCCCCCCCCCCCCCCCNc1cccc(Br)n1.CCCCCCCCCCCCCCCCCCCCCCCCCCCCCCNc1cccc(N)n1.CCCCCCCCCCCCCCCCCCCCCCCCCCCCCCNc1cccc(NCc2ccccc2)n1.[CH3-].[Pd]. The molecule has 760 valence electrons. The van der Waals surface area contributed by atoms with Crippen molar-refractivity contribution in [1.29, 1.82) is 0 Å². The van der Waals surface area contributed by atoms with E-state index < -0.39 is 0 Å². The van der Waals surface area contributed by atoms with Crippen LogP contribution in [0.15, 0.2) is 117 Å². The van der Waals surface area contributed by atoms with Gasteiger partial charge in [0.2, 0.25) is 0 Å². The molecule has 5 rings (SSSR count). The number of nitrogens with one attached hydrogen (secondary N) is 4. The number of nitrogens with zero attached hydrogens (tertiary/aromatic N) is 4. The van der Waals surface area contributed by atoms with Gasteiger partial charge in [-0.3, -0.25) is 0 Å². The predicted molar refractivity (Wildman–Crippen MR) is 595 cm³/mol. The molecule has 6 N–H and O–H groups in total. The third kappa shape index (κ3) is 97.0. The van der Waals surface area contributed by atoms with E-state index in [1.54, 1.807) is 0 Å². The summed E-state index contributed by atoms with van der Waals surface area (Å²) in [5, 5.41) is 13.7. The van der Waals surface area contributed by atoms with E-state index in [1.807, 2.05) is 60.7 Å². The number of anilines is 5. The first kappa shape index (κ1) is 128. The van der Waals surface area contributed by atoms with Crippen LogP contribution >= 0.6 is 47.8 Å². The fourth-order valence-corrected chi connectivity index (χ4v) is 19.2. The van der Waals surface area contributed by atoms with Crippen LogP contribution in [0.4, 0.5) is 29.1 Å². The predicted octanol–water partition coefficient (Wildman–Crippen LogP) is 42.3. The van der Waals surface area contributed by atoms with E-state index in [0.717, 1.165) is 63.3 Å². The van der Waals surface area contributed by atoms with Crippen molar-refractivity contribution in [1.82, 2.24) is 19.9 Å². The molecule has 0 aliphatic carbocycles. The van der Waals surface area contributed by atoms with E-state index in [0.29, 0.717) is 5.82 Å². The number of aromatic nitrogens is 4. The maximum atomic E-state index is 5.71. The maximum Gasteiger partial charge on any atom is 0.128 e. The van der Waals surface area contributed by atoms with Crippen molar-refractivity contribution in [3.63, 3.8) is 0 Å². The van der Waals surface area contributed by atoms with Crippen molar-refractivity contribution in [2.45, 2.75) is 567 Å². The van der Waals surface area contributed by atoms with Gasteiger partial charge in [-0.25, -0.2) is 19.9 Å². The largest absolute Gasteiger partial charge is 0.384 e. The third-order valence-corrected chi connectivity index (χ3v) is 27.6. The molecule has 0 spiro atoms. The zero-order valence-corrected chi connectivity index (χ0v) is 92.7. The van der Waals surface area contributed by atoms with E-state index in [1.165, 1.54) is 545 Å². The van der Waals surface area contributed by atoms with Crippen molar-refractivity contribution in [2.24, 2.45) is 0 Å². The Kier molecular flexibility index (Phi) is 105. The van der Waals surface area contributed by atoms with Gasteiger partial charge in [-0.2, -0.15) is 0 Å². The van der Waals surface area contributed by atoms with Crippen LogP contribution in [0.3, 0.4) is 0 Å². The first-order valence-corrected chi connectivity index (χ1v) is 58.8. The fraction of sp³-hybridized carbons (Fsp3) is 0.771. The number of nitrogen functional groups attached to an aromatic ring is 1. The Morgan fingerprint density at radius 3 is 0.573 bits per heavy atom. The summed E-state index contributed by atoms with van der Waals surface area (Å²) in [6.07, 6.45) is 121. The van der Waals surface area contributed by atoms with Gasteiger partial charge in [-0.05, 0) is 121 Å². The molecule has 0 atom stereocenters. The van der Waals surface area contributed by atoms with Crippen LogP contribution in [-0.2, 0) is 27.0 Å². The quantitative estimate of drug-likeness (QED) is 0.0112. The Bertz CT molecular complexity index is 2880. The first-order valence-electron chi connectivity index (χ1n) is 56.4. The molecule has 4 aromatic heterocycles. The number of pyridine rings is 4. The van der Waals surface area contributed by atoms with Gasteiger partial charge >= 0.3 is 0 Å². The minimum Gasteiger partial charge on any atom is -0.384 e. The Hall–Kier alpha value is -3.08. The van der Waals surface area contributed by atoms with Crippen LogP contribution in [0, 0.1) is 7.43 Å². The smallest absolute Gasteiger partial charge is 0.128 e. The van der Waals surface area contributed by atoms with Gasteiger partial charge in [0.05, 0.1) is 0 Å². The summed E-state index contributed by atoms with van der Waals surface area (Å²) in [6, 6.07) is 34.1. The van der Waals surface area contributed by atoms with E-state index in [-0.39, 0.29) is 27.8 Å². The molecule has 0 aliphatic rings. The summed E-state index contributed by atoms with van der Waals surface area (Å²) in [4.78, 5) is 17.4. The Morgan fingerprint density at radius 2 is 0.366 bits per heavy atom. The standard InChI is InChI=1S/C42H73N3.C35H65BrN2.C35H67N3.C5H3Br2N.CH3.Pd/c1-2-3-4-5-6-7-8-9-10-11-12-13-14-15-16-17-18-19-20-21-22-23-24-25-26-27-28-32-38-43-41-36-33-37-42(45-41)44-39-40-34-30-29-31-35-40;2*1-2-3-4-5-6-7-8-9-10-11-12-13-14-15-16-17-18-19-20-21-22-23-24-25-26-27-28-29-33-37-35-32-30-31-34(36)38-35;6-4-2-1-3-5(7)8-4;;/h29-31,33-37H,2-28,32,38-39H2,1H3,(H2,43,44,45);30-32H,2-29,33H2,1H3,(H,37,38);30-32H,2-29,33H2,1H3,(H3,36,37,38);1-3H;1H3;/q;;;;-1;. The number of halogens is 3. The Labute approximate surface area is 853 Å². The molecule has 4 heterocycles. The molecule has 0 unspecified atom stereocenters. The maximum absolute atomic E-state index is 5.71. The van der Waals surface area contributed by atoms with Crippen LogP contribution in [0.5, 0.6) is 0 Å². The number of hydrogen-bond donors (Lipinski definition) is 5. The summed E-state index contributed by atoms with van der Waals surface area (Å²) in [5.74, 6) is 4.36. The Morgan fingerprint density at radius 1 is 0.191 bits per heavy atom. The number of rotatable bonds is 93. The molecule has 5 aromatic rings. The molecule has 13 heteroatoms. The Balaban J connectivity index is 0.00000184. The van der Waals surface area contributed by atoms with Crippen LogP contribution < -0.4 is 27.0 Å². The van der Waals surface area contributed by atoms with Gasteiger partial charge in [0.1, 0.15) is 42.9 Å². The van der Waals surface area contributed by atoms with E-state index in [4.69, 9.17) is 10.7 Å². The molecular formula is C118H211Br3N9Pd-. The molecule has 0 radical (unpaired) electrons.